The third-order valence-corrected chi connectivity index (χ3v) is 13.6. The van der Waals surface area contributed by atoms with Gasteiger partial charge in [0.05, 0.1) is 61.0 Å². The van der Waals surface area contributed by atoms with Crippen LogP contribution in [0.2, 0.25) is 0 Å². The molecule has 50 heavy (non-hydrogen) atoms. The Morgan fingerprint density at radius 3 is 2.36 bits per heavy atom. The summed E-state index contributed by atoms with van der Waals surface area (Å²) >= 11 is 0. The zero-order chi connectivity index (χ0) is 34.3. The molecule has 0 radical (unpaired) electrons. The van der Waals surface area contributed by atoms with Crippen molar-refractivity contribution in [1.82, 2.24) is 0 Å². The van der Waals surface area contributed by atoms with Crippen molar-refractivity contribution >= 4 is 5.78 Å². The fourth-order valence-corrected chi connectivity index (χ4v) is 11.1. The average molecular weight is 701 g/mol. The Balaban J connectivity index is 0.994. The number of carbonyl (C=O) groups excluding carboxylic acids is 1. The van der Waals surface area contributed by atoms with Crippen LogP contribution in [0.15, 0.2) is 24.3 Å². The minimum atomic E-state index is -0.769. The number of Topliss-reactive ketones (excluding diaryl/α,β-unsaturated/α-hetero) is 1. The van der Waals surface area contributed by atoms with Gasteiger partial charge in [0, 0.05) is 51.7 Å². The summed E-state index contributed by atoms with van der Waals surface area (Å²) in [6, 6.07) is 0. The Morgan fingerprint density at radius 1 is 0.760 bits per heavy atom. The second kappa shape index (κ2) is 13.6. The highest BCUT2D eigenvalue weighted by molar-refractivity contribution is 5.79. The van der Waals surface area contributed by atoms with Gasteiger partial charge in [-0.2, -0.15) is 0 Å². The van der Waals surface area contributed by atoms with Gasteiger partial charge in [0.1, 0.15) is 36.3 Å². The van der Waals surface area contributed by atoms with E-state index in [0.29, 0.717) is 44.4 Å². The number of hydrogen-bond acceptors (Lipinski definition) is 11. The lowest BCUT2D eigenvalue weighted by atomic mass is 9.81. The van der Waals surface area contributed by atoms with E-state index in [2.05, 4.69) is 20.1 Å². The number of ether oxygens (including phenoxy) is 9. The molecule has 10 aliphatic heterocycles. The standard InChI is InChI=1S/C39H56O11/c1-19-13-23-5-7-27-20(2)14-25(43-27)9-11-39-18-32-35(49-39)36-37(48-32)38(50-39)34-28(47-36)8-6-24(45-34)15-22(41)16-26-31(17-30(44-23)21(19)3)46-29(10-12-40)33(26)42-4/h19,23-38,40H,2-3,5-18H2,1,4H3/t19-,23+,24-,25+,26+,27+,28+,29-,30-,31+,32-,33-,34+,35+,36?,37-,38+,39+/m1/s1. The zero-order valence-electron chi connectivity index (χ0n) is 29.7. The first kappa shape index (κ1) is 34.5. The van der Waals surface area contributed by atoms with Crippen molar-refractivity contribution in [3.05, 3.63) is 24.3 Å². The van der Waals surface area contributed by atoms with Gasteiger partial charge in [0.2, 0.25) is 0 Å². The first-order chi connectivity index (χ1) is 24.2. The topological polar surface area (TPSA) is 120 Å². The molecule has 10 heterocycles. The van der Waals surface area contributed by atoms with E-state index in [1.165, 1.54) is 0 Å². The van der Waals surface area contributed by atoms with E-state index in [9.17, 15) is 9.90 Å². The second-order valence-corrected chi connectivity index (χ2v) is 16.8. The predicted octanol–water partition coefficient (Wildman–Crippen LogP) is 4.11. The number of carbonyl (C=O) groups is 1. The Morgan fingerprint density at radius 2 is 1.52 bits per heavy atom. The smallest absolute Gasteiger partial charge is 0.172 e. The number of hydrogen-bond donors (Lipinski definition) is 1. The van der Waals surface area contributed by atoms with Gasteiger partial charge in [-0.15, -0.1) is 0 Å². The lowest BCUT2D eigenvalue weighted by Gasteiger charge is -2.47. The number of ketones is 1. The molecule has 12 bridgehead atoms. The summed E-state index contributed by atoms with van der Waals surface area (Å²) in [5, 5.41) is 9.87. The number of fused-ring (bicyclic) bond motifs is 6. The molecule has 0 amide bonds. The van der Waals surface area contributed by atoms with E-state index >= 15 is 0 Å². The van der Waals surface area contributed by atoms with E-state index in [4.69, 9.17) is 42.6 Å². The van der Waals surface area contributed by atoms with Crippen molar-refractivity contribution in [3.8, 4) is 0 Å². The first-order valence-electron chi connectivity index (χ1n) is 19.5. The third kappa shape index (κ3) is 6.09. The van der Waals surface area contributed by atoms with Crippen molar-refractivity contribution < 1.29 is 52.5 Å². The minimum Gasteiger partial charge on any atom is -0.396 e. The van der Waals surface area contributed by atoms with Gasteiger partial charge < -0.3 is 47.7 Å². The normalized spacial score (nSPS) is 53.3. The van der Waals surface area contributed by atoms with E-state index in [1.807, 2.05) is 0 Å². The molecule has 0 aliphatic carbocycles. The van der Waals surface area contributed by atoms with Gasteiger partial charge in [-0.1, -0.05) is 20.1 Å². The maximum Gasteiger partial charge on any atom is 0.172 e. The van der Waals surface area contributed by atoms with Crippen LogP contribution in [0.25, 0.3) is 0 Å². The molecule has 11 nitrogen and oxygen atoms in total. The summed E-state index contributed by atoms with van der Waals surface area (Å²) in [7, 11) is 1.68. The van der Waals surface area contributed by atoms with E-state index in [0.717, 1.165) is 56.1 Å². The number of rotatable bonds is 3. The molecule has 10 fully saturated rings. The first-order valence-corrected chi connectivity index (χ1v) is 19.5. The van der Waals surface area contributed by atoms with Crippen LogP contribution in [0, 0.1) is 11.8 Å². The fraction of sp³-hybridized carbons (Fsp3) is 0.872. The maximum absolute atomic E-state index is 14.0. The molecule has 1 spiro atoms. The van der Waals surface area contributed by atoms with Crippen LogP contribution in [-0.4, -0.2) is 122 Å². The zero-order valence-corrected chi connectivity index (χ0v) is 29.7. The maximum atomic E-state index is 14.0. The van der Waals surface area contributed by atoms with Gasteiger partial charge in [0.15, 0.2) is 5.79 Å². The lowest BCUT2D eigenvalue weighted by Crippen LogP contribution is -2.61. The van der Waals surface area contributed by atoms with E-state index in [1.54, 1.807) is 7.11 Å². The highest BCUT2D eigenvalue weighted by Gasteiger charge is 2.68. The molecule has 10 saturated heterocycles. The number of aliphatic hydroxyl groups excluding tert-OH is 1. The van der Waals surface area contributed by atoms with Crippen molar-refractivity contribution in [1.29, 1.82) is 0 Å². The minimum absolute atomic E-state index is 0.00233. The second-order valence-electron chi connectivity index (χ2n) is 16.8. The highest BCUT2D eigenvalue weighted by atomic mass is 16.8. The van der Waals surface area contributed by atoms with Crippen molar-refractivity contribution in [2.75, 3.05) is 13.7 Å². The van der Waals surface area contributed by atoms with Crippen LogP contribution in [0.5, 0.6) is 0 Å². The summed E-state index contributed by atoms with van der Waals surface area (Å²) < 4.78 is 59.8. The molecule has 0 aromatic carbocycles. The molecule has 278 valence electrons. The van der Waals surface area contributed by atoms with Crippen molar-refractivity contribution in [2.45, 2.75) is 188 Å². The summed E-state index contributed by atoms with van der Waals surface area (Å²) in [4.78, 5) is 14.0. The molecule has 18 atom stereocenters. The summed E-state index contributed by atoms with van der Waals surface area (Å²) in [5.41, 5.74) is 2.23. The average Bonchev–Trinajstić information content (AvgIpc) is 3.76. The van der Waals surface area contributed by atoms with Crippen LogP contribution in [-0.2, 0) is 47.4 Å². The lowest BCUT2D eigenvalue weighted by molar-refractivity contribution is -0.292. The fourth-order valence-electron chi connectivity index (χ4n) is 11.1. The molecular weight excluding hydrogens is 644 g/mol. The van der Waals surface area contributed by atoms with Gasteiger partial charge >= 0.3 is 0 Å². The summed E-state index contributed by atoms with van der Waals surface area (Å²) in [6.07, 6.45) is 6.30. The molecule has 11 heteroatoms. The third-order valence-electron chi connectivity index (χ3n) is 13.6. The van der Waals surface area contributed by atoms with Crippen LogP contribution in [0.1, 0.15) is 90.4 Å². The Kier molecular flexibility index (Phi) is 9.36. The number of aliphatic hydroxyl groups is 1. The monoisotopic (exact) mass is 700 g/mol. The molecule has 10 aliphatic rings. The van der Waals surface area contributed by atoms with Crippen molar-refractivity contribution in [3.63, 3.8) is 0 Å². The summed E-state index contributed by atoms with van der Waals surface area (Å²) in [6.45, 7) is 11.1. The molecule has 1 unspecified atom stereocenters. The molecule has 10 rings (SSSR count). The number of methoxy groups -OCH3 is 1. The van der Waals surface area contributed by atoms with Crippen molar-refractivity contribution in [2.24, 2.45) is 11.8 Å². The molecule has 0 saturated carbocycles. The van der Waals surface area contributed by atoms with Crippen LogP contribution < -0.4 is 0 Å². The van der Waals surface area contributed by atoms with Crippen LogP contribution >= 0.6 is 0 Å². The Labute approximate surface area is 295 Å². The molecule has 1 N–H and O–H groups in total. The van der Waals surface area contributed by atoms with Crippen LogP contribution in [0.4, 0.5) is 0 Å². The molecular formula is C39H56O11. The van der Waals surface area contributed by atoms with Gasteiger partial charge in [-0.25, -0.2) is 0 Å². The highest BCUT2D eigenvalue weighted by Crippen LogP contribution is 2.54. The van der Waals surface area contributed by atoms with Crippen LogP contribution in [0.3, 0.4) is 0 Å². The Hall–Kier alpha value is -1.25. The predicted molar refractivity (Wildman–Crippen MR) is 178 cm³/mol. The Bertz CT molecular complexity index is 1320. The SMILES string of the molecule is C=C1C[C@@H]2CC[C@@]34C[C@H]5O[C@@H]6C(O[C@H]7CC[C@H](CC(=O)C[C@@H]8[C@@H](OC)[C@@H](CCO)O[C@H]8C[C@H]8O[C@@H](CC[C@@H]1O2)C[C@@H](C)C8=C)O[C@@H]7[C@@H]6O3)[C@H]5O4. The van der Waals surface area contributed by atoms with Gasteiger partial charge in [0.25, 0.3) is 0 Å². The summed E-state index contributed by atoms with van der Waals surface area (Å²) in [5.74, 6) is -0.512. The molecule has 0 aromatic heterocycles. The molecule has 0 aromatic rings. The van der Waals surface area contributed by atoms with E-state index < -0.39 is 5.79 Å². The quantitative estimate of drug-likeness (QED) is 0.429. The largest absolute Gasteiger partial charge is 0.396 e. The van der Waals surface area contributed by atoms with Gasteiger partial charge in [-0.05, 0) is 68.4 Å². The van der Waals surface area contributed by atoms with E-state index in [-0.39, 0.29) is 110 Å². The van der Waals surface area contributed by atoms with Gasteiger partial charge in [-0.3, -0.25) is 4.79 Å².